The number of hydrogen-bond acceptors (Lipinski definition) is 1. The Morgan fingerprint density at radius 2 is 2.00 bits per heavy atom. The molecule has 0 aliphatic carbocycles. The standard InChI is InChI=1S/C8H8Br2FN/c9-6-2-1-5(3-7(6)10)8(12)4-11/h1-3,8H,4,12H2/t8-/m0/s1. The van der Waals surface area contributed by atoms with E-state index in [0.717, 1.165) is 14.5 Å². The van der Waals surface area contributed by atoms with Crippen molar-refractivity contribution in [3.63, 3.8) is 0 Å². The quantitative estimate of drug-likeness (QED) is 0.891. The van der Waals surface area contributed by atoms with Gasteiger partial charge < -0.3 is 5.73 Å². The number of halogens is 3. The average Bonchev–Trinajstić information content (AvgIpc) is 2.08. The Morgan fingerprint density at radius 1 is 1.33 bits per heavy atom. The van der Waals surface area contributed by atoms with Crippen LogP contribution in [0.25, 0.3) is 0 Å². The molecule has 0 spiro atoms. The number of nitrogens with two attached hydrogens (primary N) is 1. The van der Waals surface area contributed by atoms with Gasteiger partial charge in [0, 0.05) is 8.95 Å². The van der Waals surface area contributed by atoms with Gasteiger partial charge in [-0.1, -0.05) is 6.07 Å². The first-order chi connectivity index (χ1) is 5.65. The first-order valence-corrected chi connectivity index (χ1v) is 5.00. The van der Waals surface area contributed by atoms with E-state index in [0.29, 0.717) is 0 Å². The van der Waals surface area contributed by atoms with E-state index in [2.05, 4.69) is 31.9 Å². The fourth-order valence-corrected chi connectivity index (χ4v) is 1.48. The van der Waals surface area contributed by atoms with Gasteiger partial charge in [-0.2, -0.15) is 0 Å². The first kappa shape index (κ1) is 10.2. The summed E-state index contributed by atoms with van der Waals surface area (Å²) in [5, 5.41) is 0. The molecule has 0 bridgehead atoms. The zero-order valence-electron chi connectivity index (χ0n) is 6.23. The summed E-state index contributed by atoms with van der Waals surface area (Å²) in [6, 6.07) is 4.94. The Balaban J connectivity index is 2.96. The van der Waals surface area contributed by atoms with Crippen molar-refractivity contribution < 1.29 is 4.39 Å². The van der Waals surface area contributed by atoms with Crippen LogP contribution >= 0.6 is 31.9 Å². The molecule has 0 aliphatic heterocycles. The fraction of sp³-hybridized carbons (Fsp3) is 0.250. The summed E-state index contributed by atoms with van der Waals surface area (Å²) >= 11 is 6.64. The van der Waals surface area contributed by atoms with Crippen molar-refractivity contribution in [3.8, 4) is 0 Å². The van der Waals surface area contributed by atoms with E-state index in [4.69, 9.17) is 5.73 Å². The normalized spacial score (nSPS) is 13.0. The number of alkyl halides is 1. The topological polar surface area (TPSA) is 26.0 Å². The second-order valence-electron chi connectivity index (χ2n) is 2.43. The van der Waals surface area contributed by atoms with E-state index in [1.807, 2.05) is 12.1 Å². The Morgan fingerprint density at radius 3 is 2.50 bits per heavy atom. The minimum absolute atomic E-state index is 0.519. The summed E-state index contributed by atoms with van der Waals surface area (Å²) in [5.74, 6) is 0. The molecule has 1 nitrogen and oxygen atoms in total. The molecule has 0 heterocycles. The third kappa shape index (κ3) is 2.28. The monoisotopic (exact) mass is 295 g/mol. The van der Waals surface area contributed by atoms with E-state index in [1.54, 1.807) is 6.07 Å². The van der Waals surface area contributed by atoms with Crippen LogP contribution in [0, 0.1) is 0 Å². The molecule has 1 aromatic rings. The van der Waals surface area contributed by atoms with Gasteiger partial charge in [0.25, 0.3) is 0 Å². The zero-order chi connectivity index (χ0) is 9.14. The van der Waals surface area contributed by atoms with Gasteiger partial charge in [-0.25, -0.2) is 4.39 Å². The lowest BCUT2D eigenvalue weighted by molar-refractivity contribution is 0.437. The van der Waals surface area contributed by atoms with Gasteiger partial charge in [-0.15, -0.1) is 0 Å². The van der Waals surface area contributed by atoms with Crippen molar-refractivity contribution >= 4 is 31.9 Å². The van der Waals surface area contributed by atoms with Crippen LogP contribution in [-0.2, 0) is 0 Å². The molecule has 1 aromatic carbocycles. The number of benzene rings is 1. The van der Waals surface area contributed by atoms with Gasteiger partial charge in [0.2, 0.25) is 0 Å². The SMILES string of the molecule is N[C@@H](CF)c1ccc(Br)c(Br)c1. The number of rotatable bonds is 2. The van der Waals surface area contributed by atoms with Gasteiger partial charge >= 0.3 is 0 Å². The van der Waals surface area contributed by atoms with Gasteiger partial charge in [0.15, 0.2) is 0 Å². The van der Waals surface area contributed by atoms with E-state index in [1.165, 1.54) is 0 Å². The maximum atomic E-state index is 12.2. The lowest BCUT2D eigenvalue weighted by Crippen LogP contribution is -2.11. The highest BCUT2D eigenvalue weighted by Gasteiger charge is 2.06. The largest absolute Gasteiger partial charge is 0.322 e. The molecule has 0 saturated heterocycles. The third-order valence-electron chi connectivity index (χ3n) is 1.54. The van der Waals surface area contributed by atoms with Crippen molar-refractivity contribution in [2.24, 2.45) is 5.73 Å². The molecular formula is C8H8Br2FN. The highest BCUT2D eigenvalue weighted by atomic mass is 79.9. The molecular weight excluding hydrogens is 289 g/mol. The highest BCUT2D eigenvalue weighted by molar-refractivity contribution is 9.13. The van der Waals surface area contributed by atoms with Crippen LogP contribution in [0.5, 0.6) is 0 Å². The minimum Gasteiger partial charge on any atom is -0.322 e. The van der Waals surface area contributed by atoms with E-state index >= 15 is 0 Å². The maximum Gasteiger partial charge on any atom is 0.109 e. The Bertz CT molecular complexity index is 278. The van der Waals surface area contributed by atoms with Gasteiger partial charge in [-0.05, 0) is 49.6 Å². The maximum absolute atomic E-state index is 12.2. The van der Waals surface area contributed by atoms with Crippen LogP contribution in [0.4, 0.5) is 4.39 Å². The van der Waals surface area contributed by atoms with Crippen molar-refractivity contribution in [1.82, 2.24) is 0 Å². The molecule has 0 aliphatic rings. The predicted octanol–water partition coefficient (Wildman–Crippen LogP) is 3.18. The molecule has 0 fully saturated rings. The summed E-state index contributed by atoms with van der Waals surface area (Å²) in [4.78, 5) is 0. The Labute approximate surface area is 87.4 Å². The van der Waals surface area contributed by atoms with Crippen LogP contribution < -0.4 is 5.73 Å². The Kier molecular flexibility index (Phi) is 3.68. The Hall–Kier alpha value is 0.0700. The van der Waals surface area contributed by atoms with Gasteiger partial charge in [0.1, 0.15) is 6.67 Å². The summed E-state index contributed by atoms with van der Waals surface area (Å²) in [7, 11) is 0. The van der Waals surface area contributed by atoms with E-state index < -0.39 is 12.7 Å². The molecule has 0 saturated carbocycles. The summed E-state index contributed by atoms with van der Waals surface area (Å²) < 4.78 is 14.0. The lowest BCUT2D eigenvalue weighted by atomic mass is 10.1. The van der Waals surface area contributed by atoms with Crippen molar-refractivity contribution in [1.29, 1.82) is 0 Å². The molecule has 1 atom stereocenters. The fourth-order valence-electron chi connectivity index (χ4n) is 0.832. The van der Waals surface area contributed by atoms with Crippen molar-refractivity contribution in [2.75, 3.05) is 6.67 Å². The van der Waals surface area contributed by atoms with Crippen molar-refractivity contribution in [3.05, 3.63) is 32.7 Å². The number of hydrogen-bond donors (Lipinski definition) is 1. The van der Waals surface area contributed by atoms with Crippen LogP contribution in [0.15, 0.2) is 27.1 Å². The van der Waals surface area contributed by atoms with Crippen LogP contribution in [0.2, 0.25) is 0 Å². The van der Waals surface area contributed by atoms with Crippen LogP contribution in [0.1, 0.15) is 11.6 Å². The zero-order valence-corrected chi connectivity index (χ0v) is 9.40. The molecule has 12 heavy (non-hydrogen) atoms. The van der Waals surface area contributed by atoms with Gasteiger partial charge in [0.05, 0.1) is 6.04 Å². The molecule has 0 amide bonds. The third-order valence-corrected chi connectivity index (χ3v) is 3.42. The lowest BCUT2D eigenvalue weighted by Gasteiger charge is -2.07. The second kappa shape index (κ2) is 4.35. The highest BCUT2D eigenvalue weighted by Crippen LogP contribution is 2.25. The van der Waals surface area contributed by atoms with Crippen molar-refractivity contribution in [2.45, 2.75) is 6.04 Å². The molecule has 0 aromatic heterocycles. The first-order valence-electron chi connectivity index (χ1n) is 3.41. The van der Waals surface area contributed by atoms with Gasteiger partial charge in [-0.3, -0.25) is 0 Å². The molecule has 0 radical (unpaired) electrons. The molecule has 66 valence electrons. The van der Waals surface area contributed by atoms with Crippen LogP contribution in [-0.4, -0.2) is 6.67 Å². The molecule has 0 unspecified atom stereocenters. The molecule has 1 rings (SSSR count). The summed E-state index contributed by atoms with van der Waals surface area (Å²) in [6.07, 6.45) is 0. The van der Waals surface area contributed by atoms with Crippen LogP contribution in [0.3, 0.4) is 0 Å². The van der Waals surface area contributed by atoms with E-state index in [9.17, 15) is 4.39 Å². The molecule has 4 heteroatoms. The average molecular weight is 297 g/mol. The molecule has 2 N–H and O–H groups in total. The smallest absolute Gasteiger partial charge is 0.109 e. The summed E-state index contributed by atoms with van der Waals surface area (Å²) in [6.45, 7) is -0.534. The second-order valence-corrected chi connectivity index (χ2v) is 4.14. The predicted molar refractivity (Wildman–Crippen MR) is 54.7 cm³/mol. The summed E-state index contributed by atoms with van der Waals surface area (Å²) in [5.41, 5.74) is 6.30. The minimum atomic E-state index is -0.534. The van der Waals surface area contributed by atoms with E-state index in [-0.39, 0.29) is 0 Å².